The summed E-state index contributed by atoms with van der Waals surface area (Å²) < 4.78 is 28.0. The Kier molecular flexibility index (Phi) is 5.11. The van der Waals surface area contributed by atoms with Gasteiger partial charge < -0.3 is 0 Å². The van der Waals surface area contributed by atoms with E-state index in [4.69, 9.17) is 11.6 Å². The quantitative estimate of drug-likeness (QED) is 0.629. The van der Waals surface area contributed by atoms with Gasteiger partial charge >= 0.3 is 0 Å². The van der Waals surface area contributed by atoms with Crippen molar-refractivity contribution in [3.63, 3.8) is 0 Å². The van der Waals surface area contributed by atoms with E-state index < -0.39 is 10.0 Å². The lowest BCUT2D eigenvalue weighted by Crippen LogP contribution is -2.31. The molecular weight excluding hydrogens is 354 g/mol. The highest BCUT2D eigenvalue weighted by Gasteiger charge is 2.26. The molecule has 5 heteroatoms. The molecule has 0 aliphatic heterocycles. The minimum absolute atomic E-state index is 0.211. The van der Waals surface area contributed by atoms with E-state index in [9.17, 15) is 8.42 Å². The number of anilines is 1. The number of aryl methyl sites for hydroxylation is 1. The number of halogens is 1. The van der Waals surface area contributed by atoms with Crippen molar-refractivity contribution in [2.24, 2.45) is 0 Å². The number of nitrogens with zero attached hydrogens (tertiary/aromatic N) is 1. The van der Waals surface area contributed by atoms with Crippen molar-refractivity contribution >= 4 is 27.3 Å². The zero-order valence-corrected chi connectivity index (χ0v) is 15.3. The number of hydrogen-bond donors (Lipinski definition) is 0. The van der Waals surface area contributed by atoms with Crippen LogP contribution in [0.2, 0.25) is 5.02 Å². The Bertz CT molecular complexity index is 972. The van der Waals surface area contributed by atoms with E-state index in [1.807, 2.05) is 43.3 Å². The molecule has 0 saturated carbocycles. The minimum Gasteiger partial charge on any atom is -0.262 e. The summed E-state index contributed by atoms with van der Waals surface area (Å²) in [6.07, 6.45) is 0. The fourth-order valence-corrected chi connectivity index (χ4v) is 4.41. The third-order valence-electron chi connectivity index (χ3n) is 3.93. The van der Waals surface area contributed by atoms with Crippen LogP contribution in [0, 0.1) is 6.92 Å². The molecule has 0 aliphatic rings. The highest BCUT2D eigenvalue weighted by Crippen LogP contribution is 2.29. The molecule has 0 atom stereocenters. The summed E-state index contributed by atoms with van der Waals surface area (Å²) in [6.45, 7) is 2.11. The highest BCUT2D eigenvalue weighted by atomic mass is 35.5. The molecule has 3 nitrogen and oxygen atoms in total. The molecule has 0 aromatic heterocycles. The topological polar surface area (TPSA) is 37.4 Å². The Labute approximate surface area is 153 Å². The first-order valence-electron chi connectivity index (χ1n) is 7.86. The number of para-hydroxylation sites is 1. The molecule has 0 radical (unpaired) electrons. The summed E-state index contributed by atoms with van der Waals surface area (Å²) in [6, 6.07) is 23.2. The van der Waals surface area contributed by atoms with Gasteiger partial charge in [-0.05, 0) is 48.4 Å². The summed E-state index contributed by atoms with van der Waals surface area (Å²) in [5.41, 5.74) is 2.38. The Balaban J connectivity index is 2.11. The van der Waals surface area contributed by atoms with E-state index >= 15 is 0 Å². The first-order chi connectivity index (χ1) is 12.0. The Hall–Kier alpha value is -2.30. The fraction of sp³-hybridized carbons (Fsp3) is 0.100. The average molecular weight is 372 g/mol. The van der Waals surface area contributed by atoms with Crippen LogP contribution in [0.25, 0.3) is 0 Å². The molecule has 3 aromatic carbocycles. The lowest BCUT2D eigenvalue weighted by Gasteiger charge is -2.26. The average Bonchev–Trinajstić information content (AvgIpc) is 2.61. The van der Waals surface area contributed by atoms with Crippen LogP contribution in [0.3, 0.4) is 0 Å². The molecule has 3 aromatic rings. The molecule has 3 rings (SSSR count). The number of sulfonamides is 1. The molecule has 0 bridgehead atoms. The van der Waals surface area contributed by atoms with E-state index in [0.717, 1.165) is 11.1 Å². The maximum atomic E-state index is 13.3. The van der Waals surface area contributed by atoms with Crippen molar-refractivity contribution in [2.75, 3.05) is 4.31 Å². The number of benzene rings is 3. The molecule has 0 fully saturated rings. The van der Waals surface area contributed by atoms with E-state index in [-0.39, 0.29) is 11.4 Å². The van der Waals surface area contributed by atoms with Gasteiger partial charge in [0.15, 0.2) is 0 Å². The molecule has 0 saturated heterocycles. The molecule has 128 valence electrons. The van der Waals surface area contributed by atoms with Gasteiger partial charge in [-0.15, -0.1) is 0 Å². The van der Waals surface area contributed by atoms with Gasteiger partial charge in [0.25, 0.3) is 10.0 Å². The maximum Gasteiger partial charge on any atom is 0.264 e. The summed E-state index contributed by atoms with van der Waals surface area (Å²) in [7, 11) is -3.70. The van der Waals surface area contributed by atoms with Gasteiger partial charge in [0.05, 0.1) is 17.1 Å². The van der Waals surface area contributed by atoms with Gasteiger partial charge in [-0.3, -0.25) is 4.31 Å². The van der Waals surface area contributed by atoms with Crippen LogP contribution in [0.1, 0.15) is 11.1 Å². The van der Waals surface area contributed by atoms with Gasteiger partial charge in [0.2, 0.25) is 0 Å². The zero-order chi connectivity index (χ0) is 17.9. The van der Waals surface area contributed by atoms with Crippen molar-refractivity contribution in [3.8, 4) is 0 Å². The lowest BCUT2D eigenvalue weighted by atomic mass is 10.2. The van der Waals surface area contributed by atoms with E-state index in [2.05, 4.69) is 0 Å². The Morgan fingerprint density at radius 3 is 2.24 bits per heavy atom. The summed E-state index contributed by atoms with van der Waals surface area (Å²) >= 11 is 6.07. The molecule has 0 N–H and O–H groups in total. The lowest BCUT2D eigenvalue weighted by molar-refractivity contribution is 0.590. The second-order valence-electron chi connectivity index (χ2n) is 5.74. The summed E-state index contributed by atoms with van der Waals surface area (Å²) in [4.78, 5) is 0.264. The van der Waals surface area contributed by atoms with Crippen LogP contribution >= 0.6 is 11.6 Å². The SMILES string of the molecule is Cc1ccccc1N(Cc1cccc(Cl)c1)S(=O)(=O)c1ccccc1. The van der Waals surface area contributed by atoms with Crippen molar-refractivity contribution in [3.05, 3.63) is 95.0 Å². The molecule has 0 aliphatic carbocycles. The molecule has 0 heterocycles. The number of hydrogen-bond acceptors (Lipinski definition) is 2. The smallest absolute Gasteiger partial charge is 0.262 e. The molecule has 0 spiro atoms. The molecular formula is C20H18ClNO2S. The summed E-state index contributed by atoms with van der Waals surface area (Å²) in [5, 5.41) is 0.583. The predicted octanol–water partition coefficient (Wildman–Crippen LogP) is 5.04. The zero-order valence-electron chi connectivity index (χ0n) is 13.8. The van der Waals surface area contributed by atoms with Gasteiger partial charge in [-0.1, -0.05) is 60.1 Å². The number of rotatable bonds is 5. The van der Waals surface area contributed by atoms with E-state index in [1.54, 1.807) is 42.5 Å². The van der Waals surface area contributed by atoms with Crippen molar-refractivity contribution in [1.82, 2.24) is 0 Å². The molecule has 0 unspecified atom stereocenters. The monoisotopic (exact) mass is 371 g/mol. The second-order valence-corrected chi connectivity index (χ2v) is 8.04. The van der Waals surface area contributed by atoms with Crippen molar-refractivity contribution in [2.45, 2.75) is 18.4 Å². The van der Waals surface area contributed by atoms with Crippen LogP contribution in [0.15, 0.2) is 83.8 Å². The Morgan fingerprint density at radius 2 is 1.56 bits per heavy atom. The van der Waals surface area contributed by atoms with Crippen molar-refractivity contribution < 1.29 is 8.42 Å². The van der Waals surface area contributed by atoms with Crippen LogP contribution in [-0.4, -0.2) is 8.42 Å². The van der Waals surface area contributed by atoms with Gasteiger partial charge in [-0.25, -0.2) is 8.42 Å². The fourth-order valence-electron chi connectivity index (χ4n) is 2.66. The standard InChI is InChI=1S/C20H18ClNO2S/c1-16-8-5-6-13-20(16)22(15-17-9-7-10-18(21)14-17)25(23,24)19-11-3-2-4-12-19/h2-14H,15H2,1H3. The van der Waals surface area contributed by atoms with Crippen LogP contribution in [0.4, 0.5) is 5.69 Å². The largest absolute Gasteiger partial charge is 0.264 e. The van der Waals surface area contributed by atoms with Gasteiger partial charge in [0, 0.05) is 5.02 Å². The van der Waals surface area contributed by atoms with Crippen LogP contribution in [-0.2, 0) is 16.6 Å². The predicted molar refractivity (Wildman–Crippen MR) is 102 cm³/mol. The van der Waals surface area contributed by atoms with Gasteiger partial charge in [-0.2, -0.15) is 0 Å². The van der Waals surface area contributed by atoms with Crippen LogP contribution < -0.4 is 4.31 Å². The van der Waals surface area contributed by atoms with Crippen molar-refractivity contribution in [1.29, 1.82) is 0 Å². The first kappa shape index (κ1) is 17.5. The molecule has 0 amide bonds. The van der Waals surface area contributed by atoms with Crippen LogP contribution in [0.5, 0.6) is 0 Å². The van der Waals surface area contributed by atoms with E-state index in [0.29, 0.717) is 10.7 Å². The third-order valence-corrected chi connectivity index (χ3v) is 5.94. The normalized spacial score (nSPS) is 11.3. The maximum absolute atomic E-state index is 13.3. The van der Waals surface area contributed by atoms with Gasteiger partial charge in [0.1, 0.15) is 0 Å². The second kappa shape index (κ2) is 7.30. The third kappa shape index (κ3) is 3.86. The Morgan fingerprint density at radius 1 is 0.880 bits per heavy atom. The minimum atomic E-state index is -3.70. The molecule has 25 heavy (non-hydrogen) atoms. The van der Waals surface area contributed by atoms with E-state index in [1.165, 1.54) is 4.31 Å². The highest BCUT2D eigenvalue weighted by molar-refractivity contribution is 7.92. The summed E-state index contributed by atoms with van der Waals surface area (Å²) in [5.74, 6) is 0. The first-order valence-corrected chi connectivity index (χ1v) is 9.68.